The topological polar surface area (TPSA) is 73.2 Å². The summed E-state index contributed by atoms with van der Waals surface area (Å²) in [6, 6.07) is 12.6. The van der Waals surface area contributed by atoms with Gasteiger partial charge < -0.3 is 10.1 Å². The molecule has 1 heterocycles. The van der Waals surface area contributed by atoms with Crippen molar-refractivity contribution in [1.29, 1.82) is 0 Å². The van der Waals surface area contributed by atoms with Crippen molar-refractivity contribution in [2.75, 3.05) is 7.11 Å². The second-order valence-electron chi connectivity index (χ2n) is 5.62. The third-order valence-electron chi connectivity index (χ3n) is 4.04. The summed E-state index contributed by atoms with van der Waals surface area (Å²) in [5, 5.41) is 8.87. The highest BCUT2D eigenvalue weighted by Crippen LogP contribution is 2.22. The first-order valence-corrected chi connectivity index (χ1v) is 8.02. The van der Waals surface area contributed by atoms with Gasteiger partial charge in [0, 0.05) is 12.7 Å². The Bertz CT molecular complexity index is 917. The molecule has 0 bridgehead atoms. The van der Waals surface area contributed by atoms with Gasteiger partial charge in [-0.1, -0.05) is 36.4 Å². The number of aromatic nitrogens is 2. The zero-order valence-corrected chi connectivity index (χ0v) is 14.1. The second-order valence-corrected chi connectivity index (χ2v) is 5.62. The van der Waals surface area contributed by atoms with E-state index in [-0.39, 0.29) is 5.91 Å². The lowest BCUT2D eigenvalue weighted by Crippen LogP contribution is -2.34. The molecule has 6 nitrogen and oxygen atoms in total. The van der Waals surface area contributed by atoms with Gasteiger partial charge in [-0.25, -0.2) is 4.79 Å². The van der Waals surface area contributed by atoms with Gasteiger partial charge in [0.25, 0.3) is 5.91 Å². The van der Waals surface area contributed by atoms with Gasteiger partial charge in [-0.2, -0.15) is 5.10 Å². The molecule has 0 spiro atoms. The molecule has 3 aromatic rings. The number of benzene rings is 2. The molecule has 25 heavy (non-hydrogen) atoms. The highest BCUT2D eigenvalue weighted by molar-refractivity contribution is 5.97. The Morgan fingerprint density at radius 2 is 1.96 bits per heavy atom. The van der Waals surface area contributed by atoms with Crippen molar-refractivity contribution in [2.24, 2.45) is 0 Å². The third kappa shape index (κ3) is 3.52. The van der Waals surface area contributed by atoms with E-state index in [2.05, 4.69) is 10.4 Å². The molecule has 0 aliphatic heterocycles. The highest BCUT2D eigenvalue weighted by atomic mass is 16.5. The fourth-order valence-corrected chi connectivity index (χ4v) is 2.65. The van der Waals surface area contributed by atoms with Crippen molar-refractivity contribution >= 4 is 22.6 Å². The smallest absolute Gasteiger partial charge is 0.333 e. The van der Waals surface area contributed by atoms with Crippen molar-refractivity contribution < 1.29 is 14.3 Å². The van der Waals surface area contributed by atoms with E-state index in [0.29, 0.717) is 17.7 Å². The number of hydrogen-bond acceptors (Lipinski definition) is 4. The average Bonchev–Trinajstić information content (AvgIpc) is 3.14. The third-order valence-corrected chi connectivity index (χ3v) is 4.04. The van der Waals surface area contributed by atoms with Crippen LogP contribution in [0.1, 0.15) is 28.9 Å². The van der Waals surface area contributed by atoms with Crippen molar-refractivity contribution in [3.8, 4) is 0 Å². The first-order valence-electron chi connectivity index (χ1n) is 8.02. The highest BCUT2D eigenvalue weighted by Gasteiger charge is 2.25. The Labute approximate surface area is 145 Å². The minimum absolute atomic E-state index is 0.372. The maximum absolute atomic E-state index is 12.5. The zero-order chi connectivity index (χ0) is 17.8. The standard InChI is InChI=1S/C19H19N3O3/c1-3-22-12-16(11-20-22)18(23)21-17(19(24)25-2)15-9-8-13-6-4-5-7-14(13)10-15/h4-12,17H,3H2,1-2H3,(H,21,23)/t17-/m0/s1. The Hall–Kier alpha value is -3.15. The number of fused-ring (bicyclic) bond motifs is 1. The van der Waals surface area contributed by atoms with Crippen LogP contribution in [0.5, 0.6) is 0 Å². The lowest BCUT2D eigenvalue weighted by molar-refractivity contribution is -0.143. The van der Waals surface area contributed by atoms with Gasteiger partial charge in [-0.05, 0) is 29.3 Å². The van der Waals surface area contributed by atoms with Crippen LogP contribution in [-0.2, 0) is 16.1 Å². The first kappa shape index (κ1) is 16.7. The van der Waals surface area contributed by atoms with Gasteiger partial charge in [-0.15, -0.1) is 0 Å². The van der Waals surface area contributed by atoms with Crippen LogP contribution in [0.2, 0.25) is 0 Å². The van der Waals surface area contributed by atoms with Crippen molar-refractivity contribution in [1.82, 2.24) is 15.1 Å². The maximum atomic E-state index is 12.5. The van der Waals surface area contributed by atoms with Crippen LogP contribution in [0.25, 0.3) is 10.8 Å². The summed E-state index contributed by atoms with van der Waals surface area (Å²) >= 11 is 0. The normalized spacial score (nSPS) is 11.9. The first-order chi connectivity index (χ1) is 12.1. The van der Waals surface area contributed by atoms with Gasteiger partial charge >= 0.3 is 5.97 Å². The van der Waals surface area contributed by atoms with Crippen LogP contribution in [0.15, 0.2) is 54.9 Å². The van der Waals surface area contributed by atoms with E-state index in [1.807, 2.05) is 49.4 Å². The summed E-state index contributed by atoms with van der Waals surface area (Å²) in [4.78, 5) is 24.7. The van der Waals surface area contributed by atoms with E-state index in [9.17, 15) is 9.59 Å². The fourth-order valence-electron chi connectivity index (χ4n) is 2.65. The number of carbonyl (C=O) groups excluding carboxylic acids is 2. The molecular formula is C19H19N3O3. The molecular weight excluding hydrogens is 318 g/mol. The summed E-state index contributed by atoms with van der Waals surface area (Å²) in [5.74, 6) is -0.894. The van der Waals surface area contributed by atoms with E-state index in [1.165, 1.54) is 13.3 Å². The summed E-state index contributed by atoms with van der Waals surface area (Å²) in [6.45, 7) is 2.60. The molecule has 128 valence electrons. The molecule has 6 heteroatoms. The van der Waals surface area contributed by atoms with Gasteiger partial charge in [0.05, 0.1) is 18.9 Å². The van der Waals surface area contributed by atoms with E-state index in [0.717, 1.165) is 10.8 Å². The second kappa shape index (κ2) is 7.17. The molecule has 0 saturated carbocycles. The number of nitrogens with zero attached hydrogens (tertiary/aromatic N) is 2. The lowest BCUT2D eigenvalue weighted by atomic mass is 10.0. The number of amides is 1. The number of nitrogens with one attached hydrogen (secondary N) is 1. The molecule has 1 atom stereocenters. The van der Waals surface area contributed by atoms with E-state index in [4.69, 9.17) is 4.74 Å². The number of aryl methyl sites for hydroxylation is 1. The molecule has 1 aromatic heterocycles. The summed E-state index contributed by atoms with van der Waals surface area (Å²) in [7, 11) is 1.30. The van der Waals surface area contributed by atoms with Crippen molar-refractivity contribution in [2.45, 2.75) is 19.5 Å². The Kier molecular flexibility index (Phi) is 4.79. The molecule has 2 aromatic carbocycles. The number of hydrogen-bond donors (Lipinski definition) is 1. The monoisotopic (exact) mass is 337 g/mol. The molecule has 0 aliphatic carbocycles. The van der Waals surface area contributed by atoms with E-state index in [1.54, 1.807) is 10.9 Å². The Morgan fingerprint density at radius 3 is 2.64 bits per heavy atom. The summed E-state index contributed by atoms with van der Waals surface area (Å²) in [6.07, 6.45) is 3.12. The maximum Gasteiger partial charge on any atom is 0.333 e. The van der Waals surface area contributed by atoms with E-state index >= 15 is 0 Å². The van der Waals surface area contributed by atoms with Crippen molar-refractivity contribution in [3.05, 3.63) is 66.0 Å². The number of esters is 1. The fraction of sp³-hybridized carbons (Fsp3) is 0.211. The molecule has 0 unspecified atom stereocenters. The number of ether oxygens (including phenoxy) is 1. The van der Waals surface area contributed by atoms with Crippen LogP contribution in [0.4, 0.5) is 0 Å². The molecule has 0 saturated heterocycles. The summed E-state index contributed by atoms with van der Waals surface area (Å²) in [5.41, 5.74) is 1.07. The zero-order valence-electron chi connectivity index (χ0n) is 14.1. The van der Waals surface area contributed by atoms with E-state index < -0.39 is 12.0 Å². The largest absolute Gasteiger partial charge is 0.467 e. The van der Waals surface area contributed by atoms with Gasteiger partial charge in [-0.3, -0.25) is 9.48 Å². The molecule has 0 aliphatic rings. The average molecular weight is 337 g/mol. The van der Waals surface area contributed by atoms with Crippen LogP contribution in [0.3, 0.4) is 0 Å². The summed E-state index contributed by atoms with van der Waals surface area (Å²) < 4.78 is 6.52. The lowest BCUT2D eigenvalue weighted by Gasteiger charge is -2.17. The molecule has 0 fully saturated rings. The minimum Gasteiger partial charge on any atom is -0.467 e. The van der Waals surface area contributed by atoms with Gasteiger partial charge in [0.15, 0.2) is 6.04 Å². The van der Waals surface area contributed by atoms with Crippen molar-refractivity contribution in [3.63, 3.8) is 0 Å². The predicted molar refractivity (Wildman–Crippen MR) is 94.1 cm³/mol. The van der Waals surface area contributed by atoms with Crippen LogP contribution in [0, 0.1) is 0 Å². The predicted octanol–water partition coefficient (Wildman–Crippen LogP) is 2.70. The van der Waals surface area contributed by atoms with Crippen LogP contribution < -0.4 is 5.32 Å². The van der Waals surface area contributed by atoms with Gasteiger partial charge in [0.2, 0.25) is 0 Å². The molecule has 1 amide bonds. The molecule has 1 N–H and O–H groups in total. The van der Waals surface area contributed by atoms with Crippen LogP contribution in [-0.4, -0.2) is 28.8 Å². The Morgan fingerprint density at radius 1 is 1.20 bits per heavy atom. The van der Waals surface area contributed by atoms with Gasteiger partial charge in [0.1, 0.15) is 0 Å². The minimum atomic E-state index is -0.882. The number of methoxy groups -OCH3 is 1. The van der Waals surface area contributed by atoms with Crippen LogP contribution >= 0.6 is 0 Å². The quantitative estimate of drug-likeness (QED) is 0.727. The molecule has 3 rings (SSSR count). The SMILES string of the molecule is CCn1cc(C(=O)N[C@H](C(=O)OC)c2ccc3ccccc3c2)cn1. The number of rotatable bonds is 5. The molecule has 0 radical (unpaired) electrons. The number of carbonyl (C=O) groups is 2. The Balaban J connectivity index is 1.90.